The molecule has 8 heteroatoms. The van der Waals surface area contributed by atoms with Crippen molar-refractivity contribution in [2.24, 2.45) is 5.92 Å². The van der Waals surface area contributed by atoms with Crippen molar-refractivity contribution in [3.63, 3.8) is 0 Å². The number of aliphatic carboxylic acids is 1. The Morgan fingerprint density at radius 3 is 2.24 bits per heavy atom. The van der Waals surface area contributed by atoms with Crippen molar-refractivity contribution in [3.05, 3.63) is 59.7 Å². The van der Waals surface area contributed by atoms with E-state index in [2.05, 4.69) is 34.9 Å². The fourth-order valence-electron chi connectivity index (χ4n) is 5.03. The number of nitrogens with one attached hydrogen (secondary N) is 2. The molecule has 4 atom stereocenters. The third-order valence-corrected chi connectivity index (χ3v) is 6.76. The first-order valence-electron chi connectivity index (χ1n) is 11.7. The minimum absolute atomic E-state index is 0.0311. The Hall–Kier alpha value is -3.39. The van der Waals surface area contributed by atoms with E-state index in [0.717, 1.165) is 28.7 Å². The standard InChI is InChI=1S/C26H30N2O6/c1-15(29)23(25(31)32)28-24(30)16-7-6-8-17(13-16)27-26(33)34-14-22-20-11-4-2-9-18(20)19-10-3-5-12-21(19)22/h2-5,9-12,15-17,22-23,29H,6-8,13-14H2,1H3,(H,27,33)(H,28,30)(H,31,32)/t15-,16?,17?,23+/m1/s1. The highest BCUT2D eigenvalue weighted by Crippen LogP contribution is 2.44. The number of alkyl carbamates (subject to hydrolysis) is 1. The van der Waals surface area contributed by atoms with Gasteiger partial charge >= 0.3 is 12.1 Å². The van der Waals surface area contributed by atoms with Crippen molar-refractivity contribution in [2.75, 3.05) is 6.61 Å². The molecule has 1 fully saturated rings. The van der Waals surface area contributed by atoms with Crippen molar-refractivity contribution in [2.45, 2.75) is 56.7 Å². The molecule has 2 aromatic carbocycles. The molecule has 4 N–H and O–H groups in total. The van der Waals surface area contributed by atoms with Crippen LogP contribution in [0.4, 0.5) is 4.79 Å². The molecular weight excluding hydrogens is 436 g/mol. The van der Waals surface area contributed by atoms with Gasteiger partial charge in [-0.2, -0.15) is 0 Å². The molecule has 8 nitrogen and oxygen atoms in total. The molecular formula is C26H30N2O6. The zero-order chi connectivity index (χ0) is 24.2. The summed E-state index contributed by atoms with van der Waals surface area (Å²) >= 11 is 0. The number of carboxylic acids is 1. The van der Waals surface area contributed by atoms with Crippen LogP contribution in [-0.2, 0) is 14.3 Å². The number of aliphatic hydroxyl groups is 1. The molecule has 0 aliphatic heterocycles. The minimum Gasteiger partial charge on any atom is -0.480 e. The van der Waals surface area contributed by atoms with E-state index in [0.29, 0.717) is 19.3 Å². The maximum Gasteiger partial charge on any atom is 0.407 e. The molecule has 0 saturated heterocycles. The summed E-state index contributed by atoms with van der Waals surface area (Å²) in [5.41, 5.74) is 4.59. The van der Waals surface area contributed by atoms with Gasteiger partial charge in [0.15, 0.2) is 6.04 Å². The monoisotopic (exact) mass is 466 g/mol. The topological polar surface area (TPSA) is 125 Å². The molecule has 0 bridgehead atoms. The third-order valence-electron chi connectivity index (χ3n) is 6.76. The van der Waals surface area contributed by atoms with Gasteiger partial charge in [0.2, 0.25) is 5.91 Å². The van der Waals surface area contributed by atoms with Gasteiger partial charge in [0.25, 0.3) is 0 Å². The smallest absolute Gasteiger partial charge is 0.407 e. The van der Waals surface area contributed by atoms with Crippen LogP contribution >= 0.6 is 0 Å². The number of ether oxygens (including phenoxy) is 1. The normalized spacial score (nSPS) is 21.0. The highest BCUT2D eigenvalue weighted by atomic mass is 16.5. The highest BCUT2D eigenvalue weighted by Gasteiger charge is 2.33. The molecule has 1 saturated carbocycles. The Labute approximate surface area is 198 Å². The summed E-state index contributed by atoms with van der Waals surface area (Å²) in [6.45, 7) is 1.53. The summed E-state index contributed by atoms with van der Waals surface area (Å²) < 4.78 is 5.60. The predicted molar refractivity (Wildman–Crippen MR) is 125 cm³/mol. The third kappa shape index (κ3) is 5.07. The van der Waals surface area contributed by atoms with Crippen molar-refractivity contribution in [1.82, 2.24) is 10.6 Å². The summed E-state index contributed by atoms with van der Waals surface area (Å²) in [7, 11) is 0. The average molecular weight is 467 g/mol. The van der Waals surface area contributed by atoms with Crippen molar-refractivity contribution in [3.8, 4) is 11.1 Å². The second kappa shape index (κ2) is 10.3. The summed E-state index contributed by atoms with van der Waals surface area (Å²) in [6, 6.07) is 14.6. The van der Waals surface area contributed by atoms with Crippen molar-refractivity contribution in [1.29, 1.82) is 0 Å². The van der Waals surface area contributed by atoms with Crippen molar-refractivity contribution < 1.29 is 29.3 Å². The largest absolute Gasteiger partial charge is 0.480 e. The van der Waals surface area contributed by atoms with Crippen LogP contribution in [0.1, 0.15) is 49.7 Å². The lowest BCUT2D eigenvalue weighted by Gasteiger charge is -2.30. The number of benzene rings is 2. The van der Waals surface area contributed by atoms with E-state index < -0.39 is 36.0 Å². The van der Waals surface area contributed by atoms with Gasteiger partial charge in [0.05, 0.1) is 6.10 Å². The molecule has 0 spiro atoms. The van der Waals surface area contributed by atoms with Crippen LogP contribution in [0.15, 0.2) is 48.5 Å². The van der Waals surface area contributed by atoms with Crippen LogP contribution in [0.5, 0.6) is 0 Å². The number of carboxylic acid groups (broad SMARTS) is 1. The molecule has 2 aliphatic carbocycles. The lowest BCUT2D eigenvalue weighted by Crippen LogP contribution is -2.51. The van der Waals surface area contributed by atoms with Gasteiger partial charge in [0, 0.05) is 17.9 Å². The van der Waals surface area contributed by atoms with E-state index in [1.165, 1.54) is 6.92 Å². The lowest BCUT2D eigenvalue weighted by molar-refractivity contribution is -0.145. The van der Waals surface area contributed by atoms with E-state index in [-0.39, 0.29) is 18.6 Å². The molecule has 0 radical (unpaired) electrons. The van der Waals surface area contributed by atoms with Gasteiger partial charge in [-0.05, 0) is 48.4 Å². The Balaban J connectivity index is 1.32. The summed E-state index contributed by atoms with van der Waals surface area (Å²) in [5.74, 6) is -2.18. The molecule has 180 valence electrons. The van der Waals surface area contributed by atoms with Gasteiger partial charge in [-0.15, -0.1) is 0 Å². The van der Waals surface area contributed by atoms with Crippen molar-refractivity contribution >= 4 is 18.0 Å². The number of rotatable bonds is 7. The quantitative estimate of drug-likeness (QED) is 0.497. The molecule has 2 amide bonds. The number of aliphatic hydroxyl groups excluding tert-OH is 1. The van der Waals surface area contributed by atoms with Gasteiger partial charge in [-0.3, -0.25) is 4.79 Å². The van der Waals surface area contributed by atoms with Crippen LogP contribution in [0, 0.1) is 5.92 Å². The van der Waals surface area contributed by atoms with Gasteiger partial charge in [0.1, 0.15) is 6.61 Å². The van der Waals surface area contributed by atoms with Gasteiger partial charge < -0.3 is 25.6 Å². The lowest BCUT2D eigenvalue weighted by atomic mass is 9.85. The van der Waals surface area contributed by atoms with Gasteiger partial charge in [-0.1, -0.05) is 55.0 Å². The minimum atomic E-state index is -1.36. The number of amides is 2. The summed E-state index contributed by atoms with van der Waals surface area (Å²) in [6.07, 6.45) is 0.689. The highest BCUT2D eigenvalue weighted by molar-refractivity contribution is 5.85. The number of carbonyl (C=O) groups excluding carboxylic acids is 2. The molecule has 34 heavy (non-hydrogen) atoms. The van der Waals surface area contributed by atoms with Gasteiger partial charge in [-0.25, -0.2) is 9.59 Å². The first kappa shape index (κ1) is 23.8. The van der Waals surface area contributed by atoms with E-state index >= 15 is 0 Å². The molecule has 4 rings (SSSR count). The second-order valence-electron chi connectivity index (χ2n) is 9.10. The zero-order valence-electron chi connectivity index (χ0n) is 19.1. The van der Waals surface area contributed by atoms with E-state index in [4.69, 9.17) is 4.74 Å². The number of hydrogen-bond donors (Lipinski definition) is 4. The Bertz CT molecular complexity index is 1020. The van der Waals surface area contributed by atoms with Crippen LogP contribution in [-0.4, -0.2) is 53.0 Å². The van der Waals surface area contributed by atoms with E-state index in [1.807, 2.05) is 24.3 Å². The Morgan fingerprint density at radius 1 is 1.03 bits per heavy atom. The number of fused-ring (bicyclic) bond motifs is 3. The maximum atomic E-state index is 12.6. The fraction of sp³-hybridized carbons (Fsp3) is 0.423. The number of carbonyl (C=O) groups is 3. The first-order chi connectivity index (χ1) is 16.3. The van der Waals surface area contributed by atoms with E-state index in [9.17, 15) is 24.6 Å². The number of hydrogen-bond acceptors (Lipinski definition) is 5. The van der Waals surface area contributed by atoms with Crippen LogP contribution < -0.4 is 10.6 Å². The molecule has 0 aromatic heterocycles. The SMILES string of the molecule is C[C@@H](O)[C@H](NC(=O)C1CCCC(NC(=O)OCC2c3ccccc3-c3ccccc32)C1)C(=O)O. The Kier molecular flexibility index (Phi) is 7.17. The predicted octanol–water partition coefficient (Wildman–Crippen LogP) is 3.03. The molecule has 2 aliphatic rings. The Morgan fingerprint density at radius 2 is 1.65 bits per heavy atom. The summed E-state index contributed by atoms with van der Waals surface area (Å²) in [5, 5.41) is 24.1. The maximum absolute atomic E-state index is 12.6. The molecule has 2 aromatic rings. The van der Waals surface area contributed by atoms with Crippen LogP contribution in [0.25, 0.3) is 11.1 Å². The fourth-order valence-corrected chi connectivity index (χ4v) is 5.03. The summed E-state index contributed by atoms with van der Waals surface area (Å²) in [4.78, 5) is 36.4. The zero-order valence-corrected chi connectivity index (χ0v) is 19.1. The van der Waals surface area contributed by atoms with Crippen LogP contribution in [0.2, 0.25) is 0 Å². The van der Waals surface area contributed by atoms with E-state index in [1.54, 1.807) is 0 Å². The molecule has 2 unspecified atom stereocenters. The molecule has 0 heterocycles. The van der Waals surface area contributed by atoms with Crippen LogP contribution in [0.3, 0.4) is 0 Å². The first-order valence-corrected chi connectivity index (χ1v) is 11.7. The second-order valence-corrected chi connectivity index (χ2v) is 9.10. The average Bonchev–Trinajstić information content (AvgIpc) is 3.14.